The Bertz CT molecular complexity index is 356. The molecule has 0 bridgehead atoms. The zero-order valence-corrected chi connectivity index (χ0v) is 6.90. The summed E-state index contributed by atoms with van der Waals surface area (Å²) in [7, 11) is 0. The fraction of sp³-hybridized carbons (Fsp3) is 0.100. The van der Waals surface area contributed by atoms with Gasteiger partial charge < -0.3 is 0 Å². The van der Waals surface area contributed by atoms with Crippen molar-refractivity contribution in [1.82, 2.24) is 0 Å². The highest BCUT2D eigenvalue weighted by Gasteiger charge is 2.15. The van der Waals surface area contributed by atoms with Crippen LogP contribution in [0.25, 0.3) is 0 Å². The van der Waals surface area contributed by atoms with Gasteiger partial charge in [0.05, 0.1) is 0 Å². The summed E-state index contributed by atoms with van der Waals surface area (Å²) >= 11 is 0. The van der Waals surface area contributed by atoms with Gasteiger partial charge >= 0.3 is 0 Å². The first-order valence-corrected chi connectivity index (χ1v) is 4.02. The van der Waals surface area contributed by atoms with Crippen LogP contribution in [0.3, 0.4) is 0 Å². The number of hydrogen-bond acceptors (Lipinski definition) is 1. The molecule has 0 aliphatic carbocycles. The van der Waals surface area contributed by atoms with Crippen LogP contribution in [0.1, 0.15) is 6.42 Å². The quantitative estimate of drug-likeness (QED) is 0.643. The minimum Gasteiger partial charge on any atom is -0.288 e. The highest BCUT2D eigenvalue weighted by atomic mass is 19.1. The van der Waals surface area contributed by atoms with Gasteiger partial charge in [-0.15, -0.1) is 0 Å². The van der Waals surface area contributed by atoms with Crippen LogP contribution in [-0.2, 0) is 4.79 Å². The summed E-state index contributed by atoms with van der Waals surface area (Å²) in [6, 6.07) is 5.86. The van der Waals surface area contributed by atoms with Gasteiger partial charge in [-0.25, -0.2) is 4.39 Å². The van der Waals surface area contributed by atoms with Gasteiger partial charge in [0.15, 0.2) is 0 Å². The van der Waals surface area contributed by atoms with Crippen LogP contribution in [0.15, 0.2) is 36.5 Å². The molecule has 1 amide bonds. The number of anilines is 1. The second-order valence-corrected chi connectivity index (χ2v) is 2.83. The summed E-state index contributed by atoms with van der Waals surface area (Å²) in [6.45, 7) is 0. The molecule has 0 fully saturated rings. The molecular formula is C10H8FNO. The number of hydrogen-bond donors (Lipinski definition) is 0. The van der Waals surface area contributed by atoms with Gasteiger partial charge in [-0.3, -0.25) is 9.69 Å². The Kier molecular flexibility index (Phi) is 1.85. The van der Waals surface area contributed by atoms with Crippen molar-refractivity contribution in [3.63, 3.8) is 0 Å². The minimum atomic E-state index is -0.292. The van der Waals surface area contributed by atoms with Crippen molar-refractivity contribution in [3.05, 3.63) is 42.4 Å². The summed E-state index contributed by atoms with van der Waals surface area (Å²) in [5.74, 6) is -0.272. The highest BCUT2D eigenvalue weighted by molar-refractivity contribution is 5.98. The van der Waals surface area contributed by atoms with E-state index in [1.807, 2.05) is 0 Å². The standard InChI is InChI=1S/C10H8FNO/c11-8-3-5-9(6-4-8)12-7-1-2-10(12)13/h1,3-7H,2H2. The molecule has 2 rings (SSSR count). The summed E-state index contributed by atoms with van der Waals surface area (Å²) in [5, 5.41) is 0. The fourth-order valence-electron chi connectivity index (χ4n) is 1.27. The van der Waals surface area contributed by atoms with E-state index in [1.165, 1.54) is 17.0 Å². The Balaban J connectivity index is 2.30. The van der Waals surface area contributed by atoms with Crippen LogP contribution in [0.5, 0.6) is 0 Å². The molecule has 0 radical (unpaired) electrons. The number of carbonyl (C=O) groups excluding carboxylic acids is 1. The smallest absolute Gasteiger partial charge is 0.234 e. The molecule has 1 aliphatic heterocycles. The summed E-state index contributed by atoms with van der Waals surface area (Å²) < 4.78 is 12.5. The molecule has 1 aliphatic rings. The first kappa shape index (κ1) is 7.98. The van der Waals surface area contributed by atoms with E-state index in [4.69, 9.17) is 0 Å². The Morgan fingerprint density at radius 2 is 1.92 bits per heavy atom. The lowest BCUT2D eigenvalue weighted by Gasteiger charge is -2.12. The Hall–Kier alpha value is -1.64. The first-order valence-electron chi connectivity index (χ1n) is 4.02. The molecular weight excluding hydrogens is 169 g/mol. The number of amides is 1. The van der Waals surface area contributed by atoms with Gasteiger partial charge in [0.25, 0.3) is 0 Å². The van der Waals surface area contributed by atoms with Crippen LogP contribution in [0, 0.1) is 5.82 Å². The molecule has 1 aromatic rings. The molecule has 13 heavy (non-hydrogen) atoms. The highest BCUT2D eigenvalue weighted by Crippen LogP contribution is 2.19. The van der Waals surface area contributed by atoms with Gasteiger partial charge in [-0.05, 0) is 24.3 Å². The van der Waals surface area contributed by atoms with Crippen LogP contribution >= 0.6 is 0 Å². The van der Waals surface area contributed by atoms with E-state index in [0.29, 0.717) is 12.1 Å². The third-order valence-corrected chi connectivity index (χ3v) is 1.92. The Morgan fingerprint density at radius 3 is 2.46 bits per heavy atom. The number of benzene rings is 1. The van der Waals surface area contributed by atoms with Crippen molar-refractivity contribution in [3.8, 4) is 0 Å². The van der Waals surface area contributed by atoms with Crippen LogP contribution in [0.4, 0.5) is 10.1 Å². The van der Waals surface area contributed by atoms with E-state index < -0.39 is 0 Å². The lowest BCUT2D eigenvalue weighted by atomic mass is 10.3. The van der Waals surface area contributed by atoms with Crippen molar-refractivity contribution in [1.29, 1.82) is 0 Å². The van der Waals surface area contributed by atoms with Crippen LogP contribution in [-0.4, -0.2) is 5.91 Å². The first-order chi connectivity index (χ1) is 6.27. The molecule has 0 N–H and O–H groups in total. The maximum atomic E-state index is 12.5. The predicted octanol–water partition coefficient (Wildman–Crippen LogP) is 2.08. The number of rotatable bonds is 1. The van der Waals surface area contributed by atoms with E-state index in [1.54, 1.807) is 24.4 Å². The van der Waals surface area contributed by atoms with Crippen LogP contribution in [0.2, 0.25) is 0 Å². The Labute approximate surface area is 75.3 Å². The largest absolute Gasteiger partial charge is 0.288 e. The average Bonchev–Trinajstić information content (AvgIpc) is 2.53. The van der Waals surface area contributed by atoms with Crippen molar-refractivity contribution in [2.75, 3.05) is 4.90 Å². The lowest BCUT2D eigenvalue weighted by Crippen LogP contribution is -2.19. The van der Waals surface area contributed by atoms with E-state index in [-0.39, 0.29) is 11.7 Å². The molecule has 1 aromatic carbocycles. The third-order valence-electron chi connectivity index (χ3n) is 1.92. The molecule has 0 spiro atoms. The summed E-state index contributed by atoms with van der Waals surface area (Å²) in [4.78, 5) is 12.7. The molecule has 0 atom stereocenters. The number of halogens is 1. The van der Waals surface area contributed by atoms with Crippen molar-refractivity contribution < 1.29 is 9.18 Å². The Morgan fingerprint density at radius 1 is 1.23 bits per heavy atom. The minimum absolute atomic E-state index is 0.0200. The van der Waals surface area contributed by atoms with Gasteiger partial charge in [0, 0.05) is 18.3 Å². The van der Waals surface area contributed by atoms with Gasteiger partial charge in [0.1, 0.15) is 5.82 Å². The van der Waals surface area contributed by atoms with Crippen molar-refractivity contribution in [2.24, 2.45) is 0 Å². The maximum Gasteiger partial charge on any atom is 0.234 e. The maximum absolute atomic E-state index is 12.5. The van der Waals surface area contributed by atoms with E-state index in [0.717, 1.165) is 0 Å². The molecule has 0 saturated carbocycles. The zero-order chi connectivity index (χ0) is 9.26. The number of nitrogens with zero attached hydrogens (tertiary/aromatic N) is 1. The van der Waals surface area contributed by atoms with Crippen LogP contribution < -0.4 is 4.90 Å². The van der Waals surface area contributed by atoms with E-state index in [9.17, 15) is 9.18 Å². The zero-order valence-electron chi connectivity index (χ0n) is 6.90. The molecule has 66 valence electrons. The van der Waals surface area contributed by atoms with Crippen molar-refractivity contribution >= 4 is 11.6 Å². The topological polar surface area (TPSA) is 20.3 Å². The fourth-order valence-corrected chi connectivity index (χ4v) is 1.27. The molecule has 0 saturated heterocycles. The normalized spacial score (nSPS) is 15.5. The average molecular weight is 177 g/mol. The SMILES string of the molecule is O=C1CC=CN1c1ccc(F)cc1. The van der Waals surface area contributed by atoms with Gasteiger partial charge in [-0.1, -0.05) is 6.08 Å². The second-order valence-electron chi connectivity index (χ2n) is 2.83. The summed E-state index contributed by atoms with van der Waals surface area (Å²) in [6.07, 6.45) is 3.92. The van der Waals surface area contributed by atoms with Gasteiger partial charge in [-0.2, -0.15) is 0 Å². The third kappa shape index (κ3) is 1.45. The number of carbonyl (C=O) groups is 1. The molecule has 0 unspecified atom stereocenters. The second kappa shape index (κ2) is 3.01. The molecule has 1 heterocycles. The lowest BCUT2D eigenvalue weighted by molar-refractivity contribution is -0.116. The van der Waals surface area contributed by atoms with Crippen molar-refractivity contribution in [2.45, 2.75) is 6.42 Å². The summed E-state index contributed by atoms with van der Waals surface area (Å²) in [5.41, 5.74) is 0.708. The van der Waals surface area contributed by atoms with Gasteiger partial charge in [0.2, 0.25) is 5.91 Å². The monoisotopic (exact) mass is 177 g/mol. The molecule has 3 heteroatoms. The molecule has 0 aromatic heterocycles. The molecule has 2 nitrogen and oxygen atoms in total. The predicted molar refractivity (Wildman–Crippen MR) is 47.6 cm³/mol. The van der Waals surface area contributed by atoms with E-state index >= 15 is 0 Å². The van der Waals surface area contributed by atoms with E-state index in [2.05, 4.69) is 0 Å².